The Kier molecular flexibility index (Phi) is 5.60. The normalized spacial score (nSPS) is 13.9. The molecule has 0 bridgehead atoms. The monoisotopic (exact) mass is 270 g/mol. The fourth-order valence-electron chi connectivity index (χ4n) is 2.26. The fourth-order valence-corrected chi connectivity index (χ4v) is 2.26. The Balaban J connectivity index is 1.81. The quantitative estimate of drug-likeness (QED) is 0.569. The van der Waals surface area contributed by atoms with Crippen molar-refractivity contribution in [1.82, 2.24) is 0 Å². The summed E-state index contributed by atoms with van der Waals surface area (Å²) in [6.07, 6.45) is 11.3. The number of carbonyl (C=O) groups excluding carboxylic acids is 1. The molecule has 0 N–H and O–H groups in total. The van der Waals surface area contributed by atoms with Crippen molar-refractivity contribution in [3.05, 3.63) is 53.6 Å². The Bertz CT molecular complexity index is 495. The summed E-state index contributed by atoms with van der Waals surface area (Å²) in [7, 11) is 0. The number of ether oxygens (including phenoxy) is 1. The van der Waals surface area contributed by atoms with Gasteiger partial charge in [-0.05, 0) is 42.4 Å². The number of carbonyl (C=O) groups is 1. The van der Waals surface area contributed by atoms with Gasteiger partial charge in [0.05, 0.1) is 6.61 Å². The van der Waals surface area contributed by atoms with Crippen LogP contribution in [0.15, 0.2) is 42.5 Å². The summed E-state index contributed by atoms with van der Waals surface area (Å²) in [5.74, 6) is -0.114. The van der Waals surface area contributed by atoms with Crippen molar-refractivity contribution in [2.75, 3.05) is 6.61 Å². The smallest absolute Gasteiger partial charge is 0.305 e. The van der Waals surface area contributed by atoms with Crippen LogP contribution in [0.25, 0.3) is 5.57 Å². The van der Waals surface area contributed by atoms with Crippen LogP contribution in [0, 0.1) is 0 Å². The highest BCUT2D eigenvalue weighted by molar-refractivity contribution is 5.74. The predicted octanol–water partition coefficient (Wildman–Crippen LogP) is 4.31. The van der Waals surface area contributed by atoms with Gasteiger partial charge in [-0.1, -0.05) is 49.4 Å². The second kappa shape index (κ2) is 7.68. The van der Waals surface area contributed by atoms with Crippen molar-refractivity contribution >= 4 is 11.5 Å². The molecule has 0 saturated heterocycles. The molecule has 1 aliphatic rings. The SMILES string of the molecule is CCC(=O)OCCCc1ccc(C2=CCCC=C2)cc1. The van der Waals surface area contributed by atoms with Crippen LogP contribution in [0.3, 0.4) is 0 Å². The topological polar surface area (TPSA) is 26.3 Å². The molecule has 106 valence electrons. The lowest BCUT2D eigenvalue weighted by Crippen LogP contribution is -2.04. The zero-order valence-corrected chi connectivity index (χ0v) is 12.1. The van der Waals surface area contributed by atoms with E-state index in [1.807, 2.05) is 6.92 Å². The van der Waals surface area contributed by atoms with Gasteiger partial charge in [-0.15, -0.1) is 0 Å². The van der Waals surface area contributed by atoms with Gasteiger partial charge < -0.3 is 4.74 Å². The highest BCUT2D eigenvalue weighted by Gasteiger charge is 2.02. The van der Waals surface area contributed by atoms with Crippen LogP contribution in [0.2, 0.25) is 0 Å². The molecular weight excluding hydrogens is 248 g/mol. The minimum absolute atomic E-state index is 0.114. The van der Waals surface area contributed by atoms with Crippen molar-refractivity contribution in [2.45, 2.75) is 39.0 Å². The molecule has 0 aliphatic heterocycles. The van der Waals surface area contributed by atoms with E-state index in [9.17, 15) is 4.79 Å². The first kappa shape index (κ1) is 14.6. The Hall–Kier alpha value is -1.83. The van der Waals surface area contributed by atoms with E-state index in [0.717, 1.165) is 25.7 Å². The maximum atomic E-state index is 11.0. The zero-order valence-electron chi connectivity index (χ0n) is 12.1. The second-order valence-corrected chi connectivity index (χ2v) is 5.01. The van der Waals surface area contributed by atoms with Gasteiger partial charge in [-0.3, -0.25) is 4.79 Å². The average Bonchev–Trinajstić information content (AvgIpc) is 2.52. The minimum atomic E-state index is -0.114. The third-order valence-electron chi connectivity index (χ3n) is 3.44. The molecule has 2 nitrogen and oxygen atoms in total. The van der Waals surface area contributed by atoms with Crippen molar-refractivity contribution in [3.8, 4) is 0 Å². The average molecular weight is 270 g/mol. The van der Waals surface area contributed by atoms with Gasteiger partial charge in [-0.25, -0.2) is 0 Å². The van der Waals surface area contributed by atoms with Crippen LogP contribution in [0.4, 0.5) is 0 Å². The Morgan fingerprint density at radius 3 is 2.65 bits per heavy atom. The first-order chi connectivity index (χ1) is 9.79. The van der Waals surface area contributed by atoms with E-state index in [-0.39, 0.29) is 5.97 Å². The van der Waals surface area contributed by atoms with Crippen molar-refractivity contribution < 1.29 is 9.53 Å². The molecule has 0 saturated carbocycles. The first-order valence-corrected chi connectivity index (χ1v) is 7.41. The molecule has 0 fully saturated rings. The van der Waals surface area contributed by atoms with Gasteiger partial charge >= 0.3 is 5.97 Å². The van der Waals surface area contributed by atoms with Gasteiger partial charge in [0, 0.05) is 6.42 Å². The molecule has 20 heavy (non-hydrogen) atoms. The van der Waals surface area contributed by atoms with Gasteiger partial charge in [0.2, 0.25) is 0 Å². The highest BCUT2D eigenvalue weighted by atomic mass is 16.5. The maximum Gasteiger partial charge on any atom is 0.305 e. The lowest BCUT2D eigenvalue weighted by molar-refractivity contribution is -0.143. The number of esters is 1. The molecule has 2 heteroatoms. The third-order valence-corrected chi connectivity index (χ3v) is 3.44. The van der Waals surface area contributed by atoms with Crippen LogP contribution in [0.1, 0.15) is 43.7 Å². The molecule has 1 aliphatic carbocycles. The number of hydrogen-bond acceptors (Lipinski definition) is 2. The molecule has 0 spiro atoms. The van der Waals surface area contributed by atoms with E-state index >= 15 is 0 Å². The largest absolute Gasteiger partial charge is 0.466 e. The predicted molar refractivity (Wildman–Crippen MR) is 82.4 cm³/mol. The van der Waals surface area contributed by atoms with Crippen molar-refractivity contribution in [2.24, 2.45) is 0 Å². The molecule has 0 radical (unpaired) electrons. The van der Waals surface area contributed by atoms with E-state index in [4.69, 9.17) is 4.74 Å². The fraction of sp³-hybridized carbons (Fsp3) is 0.389. The van der Waals surface area contributed by atoms with Gasteiger partial charge in [0.25, 0.3) is 0 Å². The molecule has 0 aromatic heterocycles. The van der Waals surface area contributed by atoms with E-state index in [1.54, 1.807) is 0 Å². The number of hydrogen-bond donors (Lipinski definition) is 0. The number of aryl methyl sites for hydroxylation is 1. The molecule has 0 amide bonds. The Morgan fingerprint density at radius 1 is 1.20 bits per heavy atom. The molecule has 1 aromatic carbocycles. The van der Waals surface area contributed by atoms with Gasteiger partial charge in [0.15, 0.2) is 0 Å². The zero-order chi connectivity index (χ0) is 14.2. The molecule has 0 unspecified atom stereocenters. The maximum absolute atomic E-state index is 11.0. The Labute approximate surface area is 121 Å². The van der Waals surface area contributed by atoms with E-state index in [2.05, 4.69) is 42.5 Å². The summed E-state index contributed by atoms with van der Waals surface area (Å²) in [6.45, 7) is 2.33. The first-order valence-electron chi connectivity index (χ1n) is 7.41. The molecular formula is C18H22O2. The number of allylic oxidation sites excluding steroid dienone is 4. The molecule has 2 rings (SSSR count). The summed E-state index contributed by atoms with van der Waals surface area (Å²) < 4.78 is 5.07. The van der Waals surface area contributed by atoms with Crippen LogP contribution in [0.5, 0.6) is 0 Å². The summed E-state index contributed by atoms with van der Waals surface area (Å²) in [5, 5.41) is 0. The van der Waals surface area contributed by atoms with Crippen LogP contribution in [-0.2, 0) is 16.0 Å². The van der Waals surface area contributed by atoms with Crippen LogP contribution >= 0.6 is 0 Å². The van der Waals surface area contributed by atoms with Crippen molar-refractivity contribution in [3.63, 3.8) is 0 Å². The lowest BCUT2D eigenvalue weighted by atomic mass is 9.98. The third kappa shape index (κ3) is 4.37. The van der Waals surface area contributed by atoms with E-state index in [1.165, 1.54) is 16.7 Å². The summed E-state index contributed by atoms with van der Waals surface area (Å²) >= 11 is 0. The standard InChI is InChI=1S/C18H22O2/c1-2-18(19)20-14-6-7-15-10-12-17(13-11-15)16-8-4-3-5-9-16/h4,8-13H,2-3,5-7,14H2,1H3. The molecule has 0 heterocycles. The van der Waals surface area contributed by atoms with Crippen LogP contribution < -0.4 is 0 Å². The van der Waals surface area contributed by atoms with E-state index < -0.39 is 0 Å². The van der Waals surface area contributed by atoms with Crippen LogP contribution in [-0.4, -0.2) is 12.6 Å². The number of rotatable bonds is 6. The number of benzene rings is 1. The van der Waals surface area contributed by atoms with Crippen molar-refractivity contribution in [1.29, 1.82) is 0 Å². The minimum Gasteiger partial charge on any atom is -0.466 e. The van der Waals surface area contributed by atoms with Gasteiger partial charge in [0.1, 0.15) is 0 Å². The lowest BCUT2D eigenvalue weighted by Gasteiger charge is -2.08. The van der Waals surface area contributed by atoms with E-state index in [0.29, 0.717) is 13.0 Å². The second-order valence-electron chi connectivity index (χ2n) is 5.01. The highest BCUT2D eigenvalue weighted by Crippen LogP contribution is 2.21. The molecule has 1 aromatic rings. The summed E-state index contributed by atoms with van der Waals surface area (Å²) in [6, 6.07) is 8.68. The summed E-state index contributed by atoms with van der Waals surface area (Å²) in [5.41, 5.74) is 3.89. The molecule has 0 atom stereocenters. The Morgan fingerprint density at radius 2 is 2.00 bits per heavy atom. The van der Waals surface area contributed by atoms with Gasteiger partial charge in [-0.2, -0.15) is 0 Å². The summed E-state index contributed by atoms with van der Waals surface area (Å²) in [4.78, 5) is 11.0.